The highest BCUT2D eigenvalue weighted by molar-refractivity contribution is 7.99. The van der Waals surface area contributed by atoms with Crippen LogP contribution in [0.3, 0.4) is 0 Å². The standard InChI is InChI=1S/C14H13N5S/c1-10-9-11(2)19(18-10)12-6-7-14(17-16-12)20-13-5-3-4-8-15-13/h3-9H,1-2H3. The van der Waals surface area contributed by atoms with Crippen molar-refractivity contribution in [1.29, 1.82) is 0 Å². The molecular weight excluding hydrogens is 270 g/mol. The predicted molar refractivity (Wildman–Crippen MR) is 77.0 cm³/mol. The van der Waals surface area contributed by atoms with Gasteiger partial charge in [0.2, 0.25) is 0 Å². The monoisotopic (exact) mass is 283 g/mol. The number of nitrogens with zero attached hydrogens (tertiary/aromatic N) is 5. The maximum absolute atomic E-state index is 4.39. The van der Waals surface area contributed by atoms with Crippen LogP contribution < -0.4 is 0 Å². The zero-order chi connectivity index (χ0) is 13.9. The molecular formula is C14H13N5S. The van der Waals surface area contributed by atoms with Crippen molar-refractivity contribution in [1.82, 2.24) is 25.0 Å². The van der Waals surface area contributed by atoms with Crippen molar-refractivity contribution in [2.45, 2.75) is 23.9 Å². The summed E-state index contributed by atoms with van der Waals surface area (Å²) in [6, 6.07) is 11.6. The Balaban J connectivity index is 1.83. The summed E-state index contributed by atoms with van der Waals surface area (Å²) in [7, 11) is 0. The molecule has 3 aromatic rings. The van der Waals surface area contributed by atoms with Crippen molar-refractivity contribution in [3.63, 3.8) is 0 Å². The lowest BCUT2D eigenvalue weighted by atomic mass is 10.4. The number of hydrogen-bond acceptors (Lipinski definition) is 5. The molecule has 6 heteroatoms. The van der Waals surface area contributed by atoms with Crippen LogP contribution >= 0.6 is 11.8 Å². The van der Waals surface area contributed by atoms with E-state index in [1.165, 1.54) is 11.8 Å². The van der Waals surface area contributed by atoms with Crippen LogP contribution in [-0.2, 0) is 0 Å². The molecule has 0 aliphatic carbocycles. The molecule has 0 N–H and O–H groups in total. The number of aromatic nitrogens is 5. The maximum Gasteiger partial charge on any atom is 0.175 e. The fraction of sp³-hybridized carbons (Fsp3) is 0.143. The Morgan fingerprint density at radius 1 is 1.00 bits per heavy atom. The molecule has 0 fully saturated rings. The van der Waals surface area contributed by atoms with Crippen molar-refractivity contribution in [3.05, 3.63) is 54.0 Å². The highest BCUT2D eigenvalue weighted by Gasteiger charge is 2.06. The van der Waals surface area contributed by atoms with Crippen LogP contribution in [0.25, 0.3) is 5.82 Å². The lowest BCUT2D eigenvalue weighted by molar-refractivity contribution is 0.765. The summed E-state index contributed by atoms with van der Waals surface area (Å²) in [4.78, 5) is 4.25. The minimum absolute atomic E-state index is 0.723. The smallest absolute Gasteiger partial charge is 0.175 e. The van der Waals surface area contributed by atoms with Crippen molar-refractivity contribution >= 4 is 11.8 Å². The first-order valence-electron chi connectivity index (χ1n) is 6.18. The summed E-state index contributed by atoms with van der Waals surface area (Å²) < 4.78 is 1.79. The molecule has 100 valence electrons. The zero-order valence-corrected chi connectivity index (χ0v) is 12.0. The van der Waals surface area contributed by atoms with E-state index in [0.717, 1.165) is 27.3 Å². The van der Waals surface area contributed by atoms with Crippen LogP contribution in [0.2, 0.25) is 0 Å². The summed E-state index contributed by atoms with van der Waals surface area (Å²) >= 11 is 1.49. The third kappa shape index (κ3) is 2.70. The normalized spacial score (nSPS) is 10.7. The van der Waals surface area contributed by atoms with Gasteiger partial charge in [0.25, 0.3) is 0 Å². The first-order chi connectivity index (χ1) is 9.72. The molecule has 0 amide bonds. The lowest BCUT2D eigenvalue weighted by Crippen LogP contribution is -2.03. The van der Waals surface area contributed by atoms with Crippen LogP contribution in [0.4, 0.5) is 0 Å². The van der Waals surface area contributed by atoms with Crippen LogP contribution in [-0.4, -0.2) is 25.0 Å². The lowest BCUT2D eigenvalue weighted by Gasteiger charge is -2.03. The van der Waals surface area contributed by atoms with Crippen LogP contribution in [0.5, 0.6) is 0 Å². The second kappa shape index (κ2) is 5.42. The molecule has 0 unspecified atom stereocenters. The second-order valence-electron chi connectivity index (χ2n) is 4.34. The molecule has 0 bridgehead atoms. The molecule has 0 radical (unpaired) electrons. The number of rotatable bonds is 3. The molecule has 0 saturated carbocycles. The van der Waals surface area contributed by atoms with Gasteiger partial charge in [0.15, 0.2) is 5.82 Å². The minimum atomic E-state index is 0.723. The molecule has 0 saturated heterocycles. The van der Waals surface area contributed by atoms with Gasteiger partial charge in [-0.3, -0.25) is 0 Å². The van der Waals surface area contributed by atoms with Gasteiger partial charge in [-0.25, -0.2) is 9.67 Å². The minimum Gasteiger partial charge on any atom is -0.250 e. The van der Waals surface area contributed by atoms with Gasteiger partial charge in [-0.2, -0.15) is 5.10 Å². The molecule has 5 nitrogen and oxygen atoms in total. The topological polar surface area (TPSA) is 56.5 Å². The molecule has 0 aromatic carbocycles. The Morgan fingerprint density at radius 3 is 2.50 bits per heavy atom. The average molecular weight is 283 g/mol. The van der Waals surface area contributed by atoms with E-state index in [0.29, 0.717) is 0 Å². The number of pyridine rings is 1. The highest BCUT2D eigenvalue weighted by Crippen LogP contribution is 2.23. The average Bonchev–Trinajstić information content (AvgIpc) is 2.80. The fourth-order valence-electron chi connectivity index (χ4n) is 1.86. The third-order valence-electron chi connectivity index (χ3n) is 2.70. The summed E-state index contributed by atoms with van der Waals surface area (Å²) in [6.07, 6.45) is 1.76. The van der Waals surface area contributed by atoms with Gasteiger partial charge in [-0.05, 0) is 55.9 Å². The van der Waals surface area contributed by atoms with Crippen LogP contribution in [0, 0.1) is 13.8 Å². The van der Waals surface area contributed by atoms with Gasteiger partial charge >= 0.3 is 0 Å². The van der Waals surface area contributed by atoms with E-state index in [4.69, 9.17) is 0 Å². The van der Waals surface area contributed by atoms with E-state index in [9.17, 15) is 0 Å². The van der Waals surface area contributed by atoms with E-state index in [2.05, 4.69) is 20.3 Å². The molecule has 3 aromatic heterocycles. The SMILES string of the molecule is Cc1cc(C)n(-c2ccc(Sc3ccccn3)nn2)n1. The van der Waals surface area contributed by atoms with Crippen molar-refractivity contribution in [2.24, 2.45) is 0 Å². The summed E-state index contributed by atoms with van der Waals surface area (Å²) in [5, 5.41) is 14.5. The molecule has 0 aliphatic rings. The summed E-state index contributed by atoms with van der Waals surface area (Å²) in [5.41, 5.74) is 2.01. The number of hydrogen-bond donors (Lipinski definition) is 0. The fourth-order valence-corrected chi connectivity index (χ4v) is 2.55. The van der Waals surface area contributed by atoms with Gasteiger partial charge in [0.1, 0.15) is 10.1 Å². The third-order valence-corrected chi connectivity index (χ3v) is 3.58. The predicted octanol–water partition coefficient (Wildman–Crippen LogP) is 2.83. The molecule has 0 atom stereocenters. The zero-order valence-electron chi connectivity index (χ0n) is 11.2. The van der Waals surface area contributed by atoms with E-state index in [-0.39, 0.29) is 0 Å². The summed E-state index contributed by atoms with van der Waals surface area (Å²) in [6.45, 7) is 3.96. The van der Waals surface area contributed by atoms with Crippen LogP contribution in [0.1, 0.15) is 11.4 Å². The van der Waals surface area contributed by atoms with Gasteiger partial charge in [-0.1, -0.05) is 6.07 Å². The summed E-state index contributed by atoms with van der Waals surface area (Å²) in [5.74, 6) is 0.723. The van der Waals surface area contributed by atoms with Gasteiger partial charge in [0.05, 0.1) is 5.69 Å². The van der Waals surface area contributed by atoms with E-state index in [1.54, 1.807) is 10.9 Å². The quantitative estimate of drug-likeness (QED) is 0.740. The van der Waals surface area contributed by atoms with E-state index < -0.39 is 0 Å². The van der Waals surface area contributed by atoms with E-state index >= 15 is 0 Å². The first-order valence-corrected chi connectivity index (χ1v) is 7.00. The Hall–Kier alpha value is -2.21. The Bertz CT molecular complexity index is 706. The van der Waals surface area contributed by atoms with Crippen molar-refractivity contribution in [3.8, 4) is 5.82 Å². The molecule has 3 heterocycles. The molecule has 3 rings (SSSR count). The Labute approximate surface area is 121 Å². The first kappa shape index (κ1) is 12.8. The van der Waals surface area contributed by atoms with Gasteiger partial charge in [-0.15, -0.1) is 10.2 Å². The van der Waals surface area contributed by atoms with Crippen molar-refractivity contribution < 1.29 is 0 Å². The molecule has 20 heavy (non-hydrogen) atoms. The highest BCUT2D eigenvalue weighted by atomic mass is 32.2. The number of aryl methyl sites for hydroxylation is 2. The largest absolute Gasteiger partial charge is 0.250 e. The second-order valence-corrected chi connectivity index (χ2v) is 5.38. The Morgan fingerprint density at radius 2 is 1.90 bits per heavy atom. The van der Waals surface area contributed by atoms with E-state index in [1.807, 2.05) is 50.2 Å². The molecule has 0 aliphatic heterocycles. The Kier molecular flexibility index (Phi) is 3.47. The van der Waals surface area contributed by atoms with Crippen LogP contribution in [0.15, 0.2) is 52.6 Å². The van der Waals surface area contributed by atoms with Gasteiger partial charge in [0, 0.05) is 11.9 Å². The molecule has 0 spiro atoms. The van der Waals surface area contributed by atoms with Gasteiger partial charge < -0.3 is 0 Å². The van der Waals surface area contributed by atoms with Crippen molar-refractivity contribution in [2.75, 3.05) is 0 Å². The maximum atomic E-state index is 4.39.